The number of hydrogen-bond donors (Lipinski definition) is 0. The maximum Gasteiger partial charge on any atom is 0.513 e. The monoisotopic (exact) mass is 194 g/mol. The van der Waals surface area contributed by atoms with E-state index in [4.69, 9.17) is 9.47 Å². The van der Waals surface area contributed by atoms with Crippen molar-refractivity contribution in [2.45, 2.75) is 20.3 Å². The van der Waals surface area contributed by atoms with Crippen LogP contribution in [0.1, 0.15) is 18.9 Å². The van der Waals surface area contributed by atoms with Crippen LogP contribution < -0.4 is 4.74 Å². The van der Waals surface area contributed by atoms with Gasteiger partial charge in [0.15, 0.2) is 0 Å². The number of ether oxygens (including phenoxy) is 2. The molecule has 0 N–H and O–H groups in total. The highest BCUT2D eigenvalue weighted by atomic mass is 16.7. The van der Waals surface area contributed by atoms with Crippen molar-refractivity contribution >= 4 is 6.16 Å². The van der Waals surface area contributed by atoms with Gasteiger partial charge in [0.25, 0.3) is 0 Å². The maximum absolute atomic E-state index is 11.0. The zero-order valence-corrected chi connectivity index (χ0v) is 8.45. The van der Waals surface area contributed by atoms with Crippen molar-refractivity contribution in [2.75, 3.05) is 6.61 Å². The lowest BCUT2D eigenvalue weighted by Gasteiger charge is -2.04. The highest BCUT2D eigenvalue weighted by Crippen LogP contribution is 2.12. The van der Waals surface area contributed by atoms with Gasteiger partial charge in [-0.25, -0.2) is 4.79 Å². The molecule has 1 aromatic rings. The fraction of sp³-hybridized carbons (Fsp3) is 0.364. The molecule has 0 spiro atoms. The third-order valence-corrected chi connectivity index (χ3v) is 1.61. The molecule has 0 unspecified atom stereocenters. The van der Waals surface area contributed by atoms with Crippen molar-refractivity contribution in [3.05, 3.63) is 29.8 Å². The maximum atomic E-state index is 11.0. The average molecular weight is 194 g/mol. The van der Waals surface area contributed by atoms with Crippen LogP contribution in [0.4, 0.5) is 4.79 Å². The molecule has 0 fully saturated rings. The number of carbonyl (C=O) groups is 1. The Morgan fingerprint density at radius 1 is 1.43 bits per heavy atom. The van der Waals surface area contributed by atoms with Crippen molar-refractivity contribution in [1.82, 2.24) is 0 Å². The van der Waals surface area contributed by atoms with E-state index in [0.717, 1.165) is 12.0 Å². The van der Waals surface area contributed by atoms with Crippen LogP contribution >= 0.6 is 0 Å². The molecule has 0 saturated heterocycles. The van der Waals surface area contributed by atoms with Crippen molar-refractivity contribution in [3.63, 3.8) is 0 Å². The summed E-state index contributed by atoms with van der Waals surface area (Å²) in [5.74, 6) is 0.520. The van der Waals surface area contributed by atoms with E-state index in [1.54, 1.807) is 12.1 Å². The summed E-state index contributed by atoms with van der Waals surface area (Å²) in [5.41, 5.74) is 1.05. The highest BCUT2D eigenvalue weighted by molar-refractivity contribution is 5.63. The van der Waals surface area contributed by atoms with E-state index in [0.29, 0.717) is 12.4 Å². The molecule has 0 aliphatic carbocycles. The van der Waals surface area contributed by atoms with Crippen LogP contribution in [0.25, 0.3) is 0 Å². The lowest BCUT2D eigenvalue weighted by atomic mass is 10.2. The topological polar surface area (TPSA) is 35.5 Å². The second-order valence-electron chi connectivity index (χ2n) is 3.02. The zero-order valence-electron chi connectivity index (χ0n) is 8.45. The first-order valence-electron chi connectivity index (χ1n) is 4.63. The third kappa shape index (κ3) is 3.47. The SMILES string of the molecule is CCCOC(=O)Oc1cccc(C)c1. The van der Waals surface area contributed by atoms with Gasteiger partial charge in [-0.1, -0.05) is 19.1 Å². The van der Waals surface area contributed by atoms with Crippen molar-refractivity contribution in [1.29, 1.82) is 0 Å². The summed E-state index contributed by atoms with van der Waals surface area (Å²) >= 11 is 0. The van der Waals surface area contributed by atoms with E-state index in [1.807, 2.05) is 26.0 Å². The molecule has 3 heteroatoms. The fourth-order valence-electron chi connectivity index (χ4n) is 0.990. The molecular weight excluding hydrogens is 180 g/mol. The Bertz CT molecular complexity index is 307. The molecule has 0 heterocycles. The zero-order chi connectivity index (χ0) is 10.4. The van der Waals surface area contributed by atoms with Crippen LogP contribution in [0.3, 0.4) is 0 Å². The summed E-state index contributed by atoms with van der Waals surface area (Å²) in [6.07, 6.45) is 0.153. The Kier molecular flexibility index (Phi) is 3.98. The first kappa shape index (κ1) is 10.6. The fourth-order valence-corrected chi connectivity index (χ4v) is 0.990. The molecule has 0 amide bonds. The van der Waals surface area contributed by atoms with Crippen LogP contribution in [-0.2, 0) is 4.74 Å². The van der Waals surface area contributed by atoms with Gasteiger partial charge in [-0.15, -0.1) is 0 Å². The van der Waals surface area contributed by atoms with Gasteiger partial charge in [-0.2, -0.15) is 0 Å². The van der Waals surface area contributed by atoms with E-state index in [-0.39, 0.29) is 0 Å². The molecule has 0 radical (unpaired) electrons. The second kappa shape index (κ2) is 5.27. The number of carbonyl (C=O) groups excluding carboxylic acids is 1. The normalized spacial score (nSPS) is 9.57. The van der Waals surface area contributed by atoms with Gasteiger partial charge in [0.05, 0.1) is 6.61 Å². The Labute approximate surface area is 83.6 Å². The largest absolute Gasteiger partial charge is 0.513 e. The Balaban J connectivity index is 2.47. The van der Waals surface area contributed by atoms with Crippen LogP contribution in [0, 0.1) is 6.92 Å². The molecule has 0 aromatic heterocycles. The molecule has 0 saturated carbocycles. The molecule has 76 valence electrons. The molecule has 0 aliphatic heterocycles. The first-order valence-corrected chi connectivity index (χ1v) is 4.63. The minimum Gasteiger partial charge on any atom is -0.434 e. The summed E-state index contributed by atoms with van der Waals surface area (Å²) in [6, 6.07) is 7.27. The van der Waals surface area contributed by atoms with Crippen molar-refractivity contribution in [2.24, 2.45) is 0 Å². The van der Waals surface area contributed by atoms with E-state index in [2.05, 4.69) is 0 Å². The molecule has 1 aromatic carbocycles. The van der Waals surface area contributed by atoms with Crippen molar-refractivity contribution in [3.8, 4) is 5.75 Å². The van der Waals surface area contributed by atoms with Gasteiger partial charge in [0, 0.05) is 0 Å². The predicted octanol–water partition coefficient (Wildman–Crippen LogP) is 2.92. The number of hydrogen-bond acceptors (Lipinski definition) is 3. The van der Waals surface area contributed by atoms with Gasteiger partial charge in [0.1, 0.15) is 5.75 Å². The van der Waals surface area contributed by atoms with Crippen LogP contribution in [-0.4, -0.2) is 12.8 Å². The van der Waals surface area contributed by atoms with Gasteiger partial charge < -0.3 is 9.47 Å². The van der Waals surface area contributed by atoms with Crippen LogP contribution in [0.15, 0.2) is 24.3 Å². The quantitative estimate of drug-likeness (QED) is 0.548. The smallest absolute Gasteiger partial charge is 0.434 e. The lowest BCUT2D eigenvalue weighted by Crippen LogP contribution is -2.10. The minimum absolute atomic E-state index is 0.394. The number of benzene rings is 1. The summed E-state index contributed by atoms with van der Waals surface area (Å²) in [5, 5.41) is 0. The van der Waals surface area contributed by atoms with E-state index >= 15 is 0 Å². The molecule has 0 atom stereocenters. The first-order chi connectivity index (χ1) is 6.72. The Morgan fingerprint density at radius 3 is 2.86 bits per heavy atom. The number of rotatable bonds is 3. The average Bonchev–Trinajstić information content (AvgIpc) is 2.15. The Morgan fingerprint density at radius 2 is 2.21 bits per heavy atom. The van der Waals surface area contributed by atoms with Gasteiger partial charge in [-0.05, 0) is 31.0 Å². The predicted molar refractivity (Wildman–Crippen MR) is 53.4 cm³/mol. The van der Waals surface area contributed by atoms with Crippen LogP contribution in [0.2, 0.25) is 0 Å². The molecular formula is C11H14O3. The van der Waals surface area contributed by atoms with Gasteiger partial charge >= 0.3 is 6.16 Å². The summed E-state index contributed by atoms with van der Waals surface area (Å²) in [7, 11) is 0. The molecule has 3 nitrogen and oxygen atoms in total. The standard InChI is InChI=1S/C11H14O3/c1-3-7-13-11(12)14-10-6-4-5-9(2)8-10/h4-6,8H,3,7H2,1-2H3. The lowest BCUT2D eigenvalue weighted by molar-refractivity contribution is 0.0991. The summed E-state index contributed by atoms with van der Waals surface area (Å²) in [6.45, 7) is 4.26. The number of aryl methyl sites for hydroxylation is 1. The van der Waals surface area contributed by atoms with Gasteiger partial charge in [0.2, 0.25) is 0 Å². The van der Waals surface area contributed by atoms with E-state index in [9.17, 15) is 4.79 Å². The molecule has 1 rings (SSSR count). The molecule has 0 bridgehead atoms. The van der Waals surface area contributed by atoms with Crippen LogP contribution in [0.5, 0.6) is 5.75 Å². The van der Waals surface area contributed by atoms with Gasteiger partial charge in [-0.3, -0.25) is 0 Å². The Hall–Kier alpha value is -1.51. The highest BCUT2D eigenvalue weighted by Gasteiger charge is 2.04. The van der Waals surface area contributed by atoms with E-state index in [1.165, 1.54) is 0 Å². The van der Waals surface area contributed by atoms with Crippen molar-refractivity contribution < 1.29 is 14.3 Å². The van der Waals surface area contributed by atoms with E-state index < -0.39 is 6.16 Å². The third-order valence-electron chi connectivity index (χ3n) is 1.61. The minimum atomic E-state index is -0.641. The second-order valence-corrected chi connectivity index (χ2v) is 3.02. The molecule has 0 aliphatic rings. The summed E-state index contributed by atoms with van der Waals surface area (Å²) in [4.78, 5) is 11.0. The summed E-state index contributed by atoms with van der Waals surface area (Å²) < 4.78 is 9.71. The molecule has 14 heavy (non-hydrogen) atoms.